The maximum absolute atomic E-state index is 11.8. The van der Waals surface area contributed by atoms with E-state index in [4.69, 9.17) is 4.74 Å². The highest BCUT2D eigenvalue weighted by atomic mass is 16.5. The number of carbonyl (C=O) groups is 3. The first kappa shape index (κ1) is 12.2. The first-order valence-corrected chi connectivity index (χ1v) is 5.48. The molecule has 0 aliphatic carbocycles. The number of rotatable bonds is 4. The minimum atomic E-state index is -0.521. The van der Waals surface area contributed by atoms with Gasteiger partial charge in [-0.1, -0.05) is 0 Å². The smallest absolute Gasteiger partial charge is 0.307 e. The topological polar surface area (TPSA) is 89.5 Å². The molecule has 1 aliphatic heterocycles. The molecule has 0 aromatic carbocycles. The Hall–Kier alpha value is -2.31. The second kappa shape index (κ2) is 4.91. The largest absolute Gasteiger partial charge is 0.466 e. The second-order valence-electron chi connectivity index (χ2n) is 3.57. The van der Waals surface area contributed by atoms with Gasteiger partial charge in [0.2, 0.25) is 0 Å². The zero-order chi connectivity index (χ0) is 13.1. The lowest BCUT2D eigenvalue weighted by atomic mass is 10.3. The standard InChI is InChI=1S/C11H11N3O4/c1-2-18-7(15)3-6-14-10(16)8-9(11(14)17)13-5-4-12-8/h4-5H,2-3,6H2,1H3. The van der Waals surface area contributed by atoms with E-state index in [1.807, 2.05) is 0 Å². The third kappa shape index (κ3) is 2.06. The van der Waals surface area contributed by atoms with Gasteiger partial charge in [0, 0.05) is 18.9 Å². The SMILES string of the molecule is CCOC(=O)CCN1C(=O)c2nccnc2C1=O. The Morgan fingerprint density at radius 3 is 2.28 bits per heavy atom. The lowest BCUT2D eigenvalue weighted by molar-refractivity contribution is -0.143. The number of esters is 1. The van der Waals surface area contributed by atoms with E-state index in [-0.39, 0.29) is 31.0 Å². The molecule has 0 N–H and O–H groups in total. The normalized spacial score (nSPS) is 13.7. The van der Waals surface area contributed by atoms with Gasteiger partial charge in [0.1, 0.15) is 0 Å². The third-order valence-electron chi connectivity index (χ3n) is 2.44. The minimum Gasteiger partial charge on any atom is -0.466 e. The van der Waals surface area contributed by atoms with Crippen molar-refractivity contribution in [3.63, 3.8) is 0 Å². The molecule has 0 fully saturated rings. The molecule has 7 nitrogen and oxygen atoms in total. The van der Waals surface area contributed by atoms with Gasteiger partial charge in [0.15, 0.2) is 11.4 Å². The Morgan fingerprint density at radius 2 is 1.78 bits per heavy atom. The summed E-state index contributed by atoms with van der Waals surface area (Å²) in [7, 11) is 0. The minimum absolute atomic E-state index is 0.0193. The molecule has 0 spiro atoms. The van der Waals surface area contributed by atoms with E-state index in [0.29, 0.717) is 0 Å². The Morgan fingerprint density at radius 1 is 1.22 bits per heavy atom. The quantitative estimate of drug-likeness (QED) is 0.552. The van der Waals surface area contributed by atoms with Gasteiger partial charge in [-0.25, -0.2) is 9.97 Å². The van der Waals surface area contributed by atoms with Crippen LogP contribution in [0.3, 0.4) is 0 Å². The highest BCUT2D eigenvalue weighted by molar-refractivity contribution is 6.19. The van der Waals surface area contributed by atoms with Crippen LogP contribution in [0.25, 0.3) is 0 Å². The summed E-state index contributed by atoms with van der Waals surface area (Å²) < 4.78 is 4.73. The van der Waals surface area contributed by atoms with Crippen LogP contribution >= 0.6 is 0 Å². The molecule has 0 saturated heterocycles. The summed E-state index contributed by atoms with van der Waals surface area (Å²) in [6.07, 6.45) is 2.66. The summed E-state index contributed by atoms with van der Waals surface area (Å²) in [5, 5.41) is 0. The number of amides is 2. The average Bonchev–Trinajstić information content (AvgIpc) is 2.61. The summed E-state index contributed by atoms with van der Waals surface area (Å²) >= 11 is 0. The molecule has 0 radical (unpaired) electrons. The van der Waals surface area contributed by atoms with E-state index in [0.717, 1.165) is 4.90 Å². The fraction of sp³-hybridized carbons (Fsp3) is 0.364. The van der Waals surface area contributed by atoms with Crippen molar-refractivity contribution in [3.05, 3.63) is 23.8 Å². The van der Waals surface area contributed by atoms with Crippen LogP contribution < -0.4 is 0 Å². The van der Waals surface area contributed by atoms with Crippen molar-refractivity contribution in [3.8, 4) is 0 Å². The van der Waals surface area contributed by atoms with Crippen LogP contribution in [-0.4, -0.2) is 45.8 Å². The van der Waals surface area contributed by atoms with E-state index >= 15 is 0 Å². The molecule has 0 atom stereocenters. The zero-order valence-corrected chi connectivity index (χ0v) is 9.75. The monoisotopic (exact) mass is 249 g/mol. The summed E-state index contributed by atoms with van der Waals surface area (Å²) in [5.74, 6) is -1.49. The zero-order valence-electron chi connectivity index (χ0n) is 9.75. The molecule has 0 saturated carbocycles. The molecule has 0 unspecified atom stereocenters. The summed E-state index contributed by atoms with van der Waals surface area (Å²) in [6, 6.07) is 0. The fourth-order valence-electron chi connectivity index (χ4n) is 1.64. The average molecular weight is 249 g/mol. The van der Waals surface area contributed by atoms with Gasteiger partial charge >= 0.3 is 5.97 Å². The van der Waals surface area contributed by atoms with E-state index in [2.05, 4.69) is 9.97 Å². The maximum Gasteiger partial charge on any atom is 0.307 e. The van der Waals surface area contributed by atoms with Gasteiger partial charge in [-0.15, -0.1) is 0 Å². The van der Waals surface area contributed by atoms with E-state index < -0.39 is 17.8 Å². The maximum atomic E-state index is 11.8. The van der Waals surface area contributed by atoms with Crippen LogP contribution in [0.15, 0.2) is 12.4 Å². The Balaban J connectivity index is 2.07. The Kier molecular flexibility index (Phi) is 3.31. The van der Waals surface area contributed by atoms with Crippen molar-refractivity contribution in [1.29, 1.82) is 0 Å². The Labute approximate surface area is 103 Å². The van der Waals surface area contributed by atoms with Gasteiger partial charge in [-0.05, 0) is 6.92 Å². The van der Waals surface area contributed by atoms with Crippen molar-refractivity contribution in [1.82, 2.24) is 14.9 Å². The van der Waals surface area contributed by atoms with Crippen LogP contribution in [0.4, 0.5) is 0 Å². The number of imide groups is 1. The summed E-state index contributed by atoms with van der Waals surface area (Å²) in [6.45, 7) is 1.94. The molecule has 2 heterocycles. The number of hydrogen-bond donors (Lipinski definition) is 0. The fourth-order valence-corrected chi connectivity index (χ4v) is 1.64. The molecule has 0 bridgehead atoms. The molecule has 7 heteroatoms. The van der Waals surface area contributed by atoms with E-state index in [9.17, 15) is 14.4 Å². The van der Waals surface area contributed by atoms with Crippen molar-refractivity contribution < 1.29 is 19.1 Å². The van der Waals surface area contributed by atoms with E-state index in [1.54, 1.807) is 6.92 Å². The van der Waals surface area contributed by atoms with Crippen LogP contribution in [0.5, 0.6) is 0 Å². The van der Waals surface area contributed by atoms with Crippen molar-refractivity contribution in [2.45, 2.75) is 13.3 Å². The van der Waals surface area contributed by atoms with Crippen molar-refractivity contribution >= 4 is 17.8 Å². The van der Waals surface area contributed by atoms with Gasteiger partial charge in [-0.3, -0.25) is 19.3 Å². The Bertz CT molecular complexity index is 480. The number of nitrogens with zero attached hydrogens (tertiary/aromatic N) is 3. The molecule has 94 valence electrons. The van der Waals surface area contributed by atoms with Crippen LogP contribution in [-0.2, 0) is 9.53 Å². The molecule has 2 amide bonds. The van der Waals surface area contributed by atoms with Crippen LogP contribution in [0, 0.1) is 0 Å². The number of hydrogen-bond acceptors (Lipinski definition) is 6. The summed E-state index contributed by atoms with van der Waals surface area (Å²) in [5.41, 5.74) is 0.0673. The van der Waals surface area contributed by atoms with Crippen LogP contribution in [0.2, 0.25) is 0 Å². The van der Waals surface area contributed by atoms with Crippen molar-refractivity contribution in [2.75, 3.05) is 13.2 Å². The lowest BCUT2D eigenvalue weighted by Crippen LogP contribution is -2.32. The second-order valence-corrected chi connectivity index (χ2v) is 3.57. The highest BCUT2D eigenvalue weighted by Gasteiger charge is 2.38. The van der Waals surface area contributed by atoms with Gasteiger partial charge in [0.25, 0.3) is 11.8 Å². The summed E-state index contributed by atoms with van der Waals surface area (Å²) in [4.78, 5) is 43.4. The first-order valence-electron chi connectivity index (χ1n) is 5.48. The number of ether oxygens (including phenoxy) is 1. The third-order valence-corrected chi connectivity index (χ3v) is 2.44. The molecule has 1 aromatic rings. The lowest BCUT2D eigenvalue weighted by Gasteiger charge is -2.11. The van der Waals surface area contributed by atoms with Gasteiger partial charge < -0.3 is 4.74 Å². The first-order chi connectivity index (χ1) is 8.65. The number of carbonyl (C=O) groups excluding carboxylic acids is 3. The van der Waals surface area contributed by atoms with E-state index in [1.165, 1.54) is 12.4 Å². The number of aromatic nitrogens is 2. The molecular formula is C11H11N3O4. The predicted octanol–water partition coefficient (Wildman–Crippen LogP) is 0.0258. The number of fused-ring (bicyclic) bond motifs is 1. The molecule has 2 rings (SSSR count). The van der Waals surface area contributed by atoms with Gasteiger partial charge in [-0.2, -0.15) is 0 Å². The molecule has 1 aliphatic rings. The van der Waals surface area contributed by atoms with Gasteiger partial charge in [0.05, 0.1) is 13.0 Å². The predicted molar refractivity (Wildman–Crippen MR) is 58.6 cm³/mol. The molecule has 18 heavy (non-hydrogen) atoms. The van der Waals surface area contributed by atoms with Crippen LogP contribution in [0.1, 0.15) is 34.3 Å². The van der Waals surface area contributed by atoms with Crippen molar-refractivity contribution in [2.24, 2.45) is 0 Å². The highest BCUT2D eigenvalue weighted by Crippen LogP contribution is 2.18. The molecular weight excluding hydrogens is 238 g/mol. The molecule has 1 aromatic heterocycles.